The highest BCUT2D eigenvalue weighted by Crippen LogP contribution is 2.29. The van der Waals surface area contributed by atoms with E-state index in [1.807, 2.05) is 23.1 Å². The van der Waals surface area contributed by atoms with Gasteiger partial charge in [-0.3, -0.25) is 4.79 Å². The number of amides is 1. The summed E-state index contributed by atoms with van der Waals surface area (Å²) in [4.78, 5) is 20.2. The Morgan fingerprint density at radius 3 is 2.78 bits per heavy atom. The number of aromatic nitrogens is 1. The maximum absolute atomic E-state index is 13.7. The standard InChI is InChI=1S/C19H19F2N3O3/c20-15-5-4-14(9-16(15)21)24-12-19(27-10-18(24)25)11-23(7-8-26-13-19)17-3-1-2-6-22-17/h1-6,9H,7-8,10-13H2/t19-/m1/s1. The normalized spacial score (nSPS) is 23.6. The van der Waals surface area contributed by atoms with Crippen molar-refractivity contribution in [3.8, 4) is 0 Å². The zero-order valence-electron chi connectivity index (χ0n) is 14.6. The van der Waals surface area contributed by atoms with Gasteiger partial charge in [-0.25, -0.2) is 13.8 Å². The summed E-state index contributed by atoms with van der Waals surface area (Å²) in [6.45, 7) is 1.93. The molecule has 0 N–H and O–H groups in total. The fraction of sp³-hybridized carbons (Fsp3) is 0.368. The zero-order chi connectivity index (χ0) is 18.9. The van der Waals surface area contributed by atoms with Gasteiger partial charge in [0.2, 0.25) is 0 Å². The van der Waals surface area contributed by atoms with Crippen LogP contribution in [0.15, 0.2) is 42.6 Å². The molecular weight excluding hydrogens is 356 g/mol. The minimum Gasteiger partial charge on any atom is -0.376 e. The first-order valence-electron chi connectivity index (χ1n) is 8.69. The molecule has 27 heavy (non-hydrogen) atoms. The second-order valence-corrected chi connectivity index (χ2v) is 6.71. The second-order valence-electron chi connectivity index (χ2n) is 6.71. The maximum Gasteiger partial charge on any atom is 0.253 e. The van der Waals surface area contributed by atoms with Crippen molar-refractivity contribution in [1.82, 2.24) is 4.98 Å². The summed E-state index contributed by atoms with van der Waals surface area (Å²) in [5.41, 5.74) is -0.484. The molecule has 0 saturated carbocycles. The van der Waals surface area contributed by atoms with Gasteiger partial charge in [0.05, 0.1) is 26.3 Å². The summed E-state index contributed by atoms with van der Waals surface area (Å²) in [7, 11) is 0. The van der Waals surface area contributed by atoms with Gasteiger partial charge in [0.25, 0.3) is 5.91 Å². The van der Waals surface area contributed by atoms with Gasteiger partial charge >= 0.3 is 0 Å². The van der Waals surface area contributed by atoms with Crippen LogP contribution < -0.4 is 9.80 Å². The Hall–Kier alpha value is -2.58. The van der Waals surface area contributed by atoms with Crippen molar-refractivity contribution in [2.75, 3.05) is 49.3 Å². The lowest BCUT2D eigenvalue weighted by atomic mass is 10.0. The predicted octanol–water partition coefficient (Wildman–Crippen LogP) is 2.00. The number of carbonyl (C=O) groups is 1. The largest absolute Gasteiger partial charge is 0.376 e. The monoisotopic (exact) mass is 375 g/mol. The minimum absolute atomic E-state index is 0.154. The van der Waals surface area contributed by atoms with Crippen LogP contribution in [0.1, 0.15) is 0 Å². The summed E-state index contributed by atoms with van der Waals surface area (Å²) >= 11 is 0. The molecule has 4 rings (SSSR count). The van der Waals surface area contributed by atoms with Crippen LogP contribution in [0.2, 0.25) is 0 Å². The fourth-order valence-electron chi connectivity index (χ4n) is 3.43. The molecule has 1 atom stereocenters. The van der Waals surface area contributed by atoms with Crippen molar-refractivity contribution in [2.45, 2.75) is 5.60 Å². The summed E-state index contributed by atoms with van der Waals surface area (Å²) in [5.74, 6) is -1.45. The molecule has 142 valence electrons. The molecule has 2 aliphatic rings. The number of benzene rings is 1. The Morgan fingerprint density at radius 1 is 1.11 bits per heavy atom. The lowest BCUT2D eigenvalue weighted by molar-refractivity contribution is -0.143. The third kappa shape index (κ3) is 3.63. The van der Waals surface area contributed by atoms with E-state index < -0.39 is 17.2 Å². The van der Waals surface area contributed by atoms with E-state index >= 15 is 0 Å². The first kappa shape index (κ1) is 17.8. The van der Waals surface area contributed by atoms with Gasteiger partial charge in [0.1, 0.15) is 18.0 Å². The number of hydrogen-bond acceptors (Lipinski definition) is 5. The summed E-state index contributed by atoms with van der Waals surface area (Å²) in [6, 6.07) is 9.08. The van der Waals surface area contributed by atoms with Crippen molar-refractivity contribution in [2.24, 2.45) is 0 Å². The van der Waals surface area contributed by atoms with Gasteiger partial charge in [-0.1, -0.05) is 6.07 Å². The molecular formula is C19H19F2N3O3. The number of halogens is 2. The number of nitrogens with zero attached hydrogens (tertiary/aromatic N) is 3. The SMILES string of the molecule is O=C1CO[C@@]2(COCCN(c3ccccn3)C2)CN1c1ccc(F)c(F)c1. The summed E-state index contributed by atoms with van der Waals surface area (Å²) < 4.78 is 38.6. The first-order valence-corrected chi connectivity index (χ1v) is 8.69. The fourth-order valence-corrected chi connectivity index (χ4v) is 3.43. The summed E-state index contributed by atoms with van der Waals surface area (Å²) in [6.07, 6.45) is 1.71. The number of ether oxygens (including phenoxy) is 2. The van der Waals surface area contributed by atoms with E-state index in [9.17, 15) is 13.6 Å². The highest BCUT2D eigenvalue weighted by molar-refractivity contribution is 5.95. The molecule has 8 heteroatoms. The van der Waals surface area contributed by atoms with Gasteiger partial charge < -0.3 is 19.3 Å². The number of hydrogen-bond donors (Lipinski definition) is 0. The second kappa shape index (κ2) is 7.21. The molecule has 2 fully saturated rings. The molecule has 1 aromatic heterocycles. The molecule has 3 heterocycles. The van der Waals surface area contributed by atoms with E-state index in [0.29, 0.717) is 32.0 Å². The highest BCUT2D eigenvalue weighted by atomic mass is 19.2. The van der Waals surface area contributed by atoms with Crippen LogP contribution in [0, 0.1) is 11.6 Å². The van der Waals surface area contributed by atoms with Crippen LogP contribution in [-0.2, 0) is 14.3 Å². The van der Waals surface area contributed by atoms with Crippen molar-refractivity contribution in [3.05, 3.63) is 54.2 Å². The zero-order valence-corrected chi connectivity index (χ0v) is 14.6. The van der Waals surface area contributed by atoms with Crippen LogP contribution in [0.3, 0.4) is 0 Å². The quantitative estimate of drug-likeness (QED) is 0.804. The number of pyridine rings is 1. The first-order chi connectivity index (χ1) is 13.1. The van der Waals surface area contributed by atoms with E-state index in [0.717, 1.165) is 18.0 Å². The van der Waals surface area contributed by atoms with Crippen molar-refractivity contribution >= 4 is 17.4 Å². The molecule has 0 bridgehead atoms. The van der Waals surface area contributed by atoms with Gasteiger partial charge in [0.15, 0.2) is 11.6 Å². The average Bonchev–Trinajstić information content (AvgIpc) is 2.90. The van der Waals surface area contributed by atoms with Crippen LogP contribution in [0.4, 0.5) is 20.3 Å². The number of rotatable bonds is 2. The molecule has 6 nitrogen and oxygen atoms in total. The predicted molar refractivity (Wildman–Crippen MR) is 94.7 cm³/mol. The van der Waals surface area contributed by atoms with E-state index in [-0.39, 0.29) is 19.1 Å². The molecule has 2 aromatic rings. The van der Waals surface area contributed by atoms with Gasteiger partial charge in [-0.2, -0.15) is 0 Å². The van der Waals surface area contributed by atoms with Gasteiger partial charge in [-0.05, 0) is 24.3 Å². The lowest BCUT2D eigenvalue weighted by Crippen LogP contribution is -2.61. The Morgan fingerprint density at radius 2 is 2.00 bits per heavy atom. The van der Waals surface area contributed by atoms with Crippen LogP contribution in [0.5, 0.6) is 0 Å². The van der Waals surface area contributed by atoms with Gasteiger partial charge in [0, 0.05) is 24.5 Å². The third-order valence-electron chi connectivity index (χ3n) is 4.79. The number of anilines is 2. The number of carbonyl (C=O) groups excluding carboxylic acids is 1. The van der Waals surface area contributed by atoms with Gasteiger partial charge in [-0.15, -0.1) is 0 Å². The minimum atomic E-state index is -0.993. The Balaban J connectivity index is 1.61. The lowest BCUT2D eigenvalue weighted by Gasteiger charge is -2.43. The Kier molecular flexibility index (Phi) is 4.75. The molecule has 2 aliphatic heterocycles. The van der Waals surface area contributed by atoms with E-state index in [1.54, 1.807) is 6.20 Å². The van der Waals surface area contributed by atoms with E-state index in [4.69, 9.17) is 9.47 Å². The average molecular weight is 375 g/mol. The smallest absolute Gasteiger partial charge is 0.253 e. The van der Waals surface area contributed by atoms with Crippen molar-refractivity contribution < 1.29 is 23.0 Å². The topological polar surface area (TPSA) is 54.9 Å². The molecule has 1 amide bonds. The van der Waals surface area contributed by atoms with Crippen molar-refractivity contribution in [1.29, 1.82) is 0 Å². The van der Waals surface area contributed by atoms with Crippen LogP contribution in [0.25, 0.3) is 0 Å². The summed E-state index contributed by atoms with van der Waals surface area (Å²) in [5, 5.41) is 0. The number of morpholine rings is 1. The highest BCUT2D eigenvalue weighted by Gasteiger charge is 2.43. The van der Waals surface area contributed by atoms with Crippen LogP contribution >= 0.6 is 0 Å². The maximum atomic E-state index is 13.7. The molecule has 1 aromatic carbocycles. The molecule has 1 spiro atoms. The molecule has 0 aliphatic carbocycles. The van der Waals surface area contributed by atoms with Crippen molar-refractivity contribution in [3.63, 3.8) is 0 Å². The molecule has 0 radical (unpaired) electrons. The third-order valence-corrected chi connectivity index (χ3v) is 4.79. The van der Waals surface area contributed by atoms with E-state index in [1.165, 1.54) is 11.0 Å². The van der Waals surface area contributed by atoms with Crippen LogP contribution in [-0.4, -0.2) is 55.9 Å². The molecule has 2 saturated heterocycles. The Labute approximate surface area is 155 Å². The molecule has 0 unspecified atom stereocenters. The van der Waals surface area contributed by atoms with E-state index in [2.05, 4.69) is 4.98 Å². The Bertz CT molecular complexity index is 836.